The molecule has 0 saturated carbocycles. The fraction of sp³-hybridized carbons (Fsp3) is 0.243. The molecular weight excluding hydrogens is 522 g/mol. The molecule has 0 aromatic heterocycles. The average molecular weight is 562 g/mol. The first kappa shape index (κ1) is 30.3. The zero-order valence-corrected chi connectivity index (χ0v) is 25.4. The van der Waals surface area contributed by atoms with E-state index in [4.69, 9.17) is 4.74 Å². The Morgan fingerprint density at radius 2 is 0.952 bits per heavy atom. The molecule has 0 radical (unpaired) electrons. The Kier molecular flexibility index (Phi) is 8.72. The van der Waals surface area contributed by atoms with Crippen LogP contribution >= 0.6 is 0 Å². The number of esters is 1. The molecule has 0 bridgehead atoms. The molecule has 0 aliphatic carbocycles. The van der Waals surface area contributed by atoms with Gasteiger partial charge in [-0.05, 0) is 82.6 Å². The van der Waals surface area contributed by atoms with Gasteiger partial charge in [-0.25, -0.2) is 4.79 Å². The first-order chi connectivity index (χ1) is 19.8. The number of ether oxygens (including phenoxy) is 1. The number of benzene rings is 4. The van der Waals surface area contributed by atoms with E-state index < -0.39 is 5.97 Å². The van der Waals surface area contributed by atoms with Crippen LogP contribution in [0.5, 0.6) is 0 Å². The van der Waals surface area contributed by atoms with Gasteiger partial charge < -0.3 is 14.7 Å². The van der Waals surface area contributed by atoms with Crippen LogP contribution in [0.15, 0.2) is 103 Å². The summed E-state index contributed by atoms with van der Waals surface area (Å²) < 4.78 is 4.70. The Morgan fingerprint density at radius 3 is 1.33 bits per heavy atom. The van der Waals surface area contributed by atoms with Gasteiger partial charge >= 0.3 is 5.97 Å². The summed E-state index contributed by atoms with van der Waals surface area (Å²) in [4.78, 5) is 26.6. The van der Waals surface area contributed by atoms with Gasteiger partial charge in [0.15, 0.2) is 5.78 Å². The Hall–Kier alpha value is -4.64. The predicted molar refractivity (Wildman–Crippen MR) is 171 cm³/mol. The fourth-order valence-electron chi connectivity index (χ4n) is 4.63. The van der Waals surface area contributed by atoms with Gasteiger partial charge in [-0.3, -0.25) is 4.79 Å². The van der Waals surface area contributed by atoms with Crippen molar-refractivity contribution in [3.63, 3.8) is 0 Å². The standard InChI is InChI=1S/C37H39NO4/c1-36(2,3)28-14-20-31(21-15-28)38(32-22-16-29(17-23-32)37(4,5)6)30-18-12-26(13-19-30)34(40)24-33(39)25-8-10-27(11-9-25)35(41)42-7/h8-24,40H,1-7H3/b34-24-. The van der Waals surface area contributed by atoms with Gasteiger partial charge in [0.05, 0.1) is 12.7 Å². The van der Waals surface area contributed by atoms with Crippen LogP contribution in [0, 0.1) is 0 Å². The summed E-state index contributed by atoms with van der Waals surface area (Å²) in [6.07, 6.45) is 1.19. The third-order valence-corrected chi connectivity index (χ3v) is 7.26. The predicted octanol–water partition coefficient (Wildman–Crippen LogP) is 9.32. The number of carbonyl (C=O) groups is 2. The number of ketones is 1. The SMILES string of the molecule is COC(=O)c1ccc(C(=O)/C=C(\O)c2ccc(N(c3ccc(C(C)(C)C)cc3)c3ccc(C(C)(C)C)cc3)cc2)cc1. The second kappa shape index (κ2) is 12.1. The van der Waals surface area contributed by atoms with Crippen molar-refractivity contribution in [3.8, 4) is 0 Å². The van der Waals surface area contributed by atoms with Gasteiger partial charge in [-0.15, -0.1) is 0 Å². The number of aliphatic hydroxyl groups excluding tert-OH is 1. The number of hydrogen-bond donors (Lipinski definition) is 1. The maximum absolute atomic E-state index is 12.8. The van der Waals surface area contributed by atoms with Crippen molar-refractivity contribution in [1.82, 2.24) is 0 Å². The van der Waals surface area contributed by atoms with E-state index in [1.54, 1.807) is 12.1 Å². The second-order valence-corrected chi connectivity index (χ2v) is 12.4. The lowest BCUT2D eigenvalue weighted by molar-refractivity contribution is 0.0600. The summed E-state index contributed by atoms with van der Waals surface area (Å²) in [5.74, 6) is -0.983. The number of hydrogen-bond acceptors (Lipinski definition) is 5. The number of carbonyl (C=O) groups excluding carboxylic acids is 2. The normalized spacial score (nSPS) is 12.1. The highest BCUT2D eigenvalue weighted by Crippen LogP contribution is 2.37. The van der Waals surface area contributed by atoms with Crippen molar-refractivity contribution in [1.29, 1.82) is 0 Å². The molecule has 5 heteroatoms. The smallest absolute Gasteiger partial charge is 0.337 e. The minimum absolute atomic E-state index is 0.0457. The summed E-state index contributed by atoms with van der Waals surface area (Å²) in [5.41, 5.74) is 6.78. The monoisotopic (exact) mass is 561 g/mol. The summed E-state index contributed by atoms with van der Waals surface area (Å²) in [6, 6.07) is 30.8. The fourth-order valence-corrected chi connectivity index (χ4v) is 4.63. The highest BCUT2D eigenvalue weighted by molar-refractivity contribution is 6.08. The van der Waals surface area contributed by atoms with Crippen molar-refractivity contribution in [2.75, 3.05) is 12.0 Å². The van der Waals surface area contributed by atoms with E-state index in [1.807, 2.05) is 12.1 Å². The number of methoxy groups -OCH3 is 1. The number of rotatable bonds is 7. The molecule has 0 atom stereocenters. The molecule has 0 amide bonds. The second-order valence-electron chi connectivity index (χ2n) is 12.4. The summed E-state index contributed by atoms with van der Waals surface area (Å²) in [6.45, 7) is 13.2. The molecule has 216 valence electrons. The Morgan fingerprint density at radius 1 is 0.595 bits per heavy atom. The van der Waals surface area contributed by atoms with E-state index in [9.17, 15) is 14.7 Å². The molecule has 0 saturated heterocycles. The van der Waals surface area contributed by atoms with Crippen LogP contribution in [-0.2, 0) is 15.6 Å². The van der Waals surface area contributed by atoms with Crippen LogP contribution in [-0.4, -0.2) is 24.0 Å². The molecule has 0 aliphatic rings. The lowest BCUT2D eigenvalue weighted by Gasteiger charge is -2.28. The van der Waals surface area contributed by atoms with Gasteiger partial charge in [0.25, 0.3) is 0 Å². The molecule has 0 aliphatic heterocycles. The quantitative estimate of drug-likeness (QED) is 0.105. The van der Waals surface area contributed by atoms with Gasteiger partial charge in [0, 0.05) is 34.3 Å². The lowest BCUT2D eigenvalue weighted by Crippen LogP contribution is -2.14. The first-order valence-corrected chi connectivity index (χ1v) is 14.0. The third-order valence-electron chi connectivity index (χ3n) is 7.26. The van der Waals surface area contributed by atoms with E-state index in [-0.39, 0.29) is 22.4 Å². The van der Waals surface area contributed by atoms with Crippen molar-refractivity contribution in [2.24, 2.45) is 0 Å². The van der Waals surface area contributed by atoms with Gasteiger partial charge in [-0.1, -0.05) is 77.9 Å². The molecule has 1 N–H and O–H groups in total. The molecule has 0 fully saturated rings. The van der Waals surface area contributed by atoms with Crippen LogP contribution in [0.4, 0.5) is 17.1 Å². The van der Waals surface area contributed by atoms with Gasteiger partial charge in [0.2, 0.25) is 0 Å². The summed E-state index contributed by atoms with van der Waals surface area (Å²) >= 11 is 0. The van der Waals surface area contributed by atoms with Crippen molar-refractivity contribution in [2.45, 2.75) is 52.4 Å². The van der Waals surface area contributed by atoms with E-state index in [2.05, 4.69) is 95.0 Å². The largest absolute Gasteiger partial charge is 0.507 e. The summed E-state index contributed by atoms with van der Waals surface area (Å²) in [5, 5.41) is 10.8. The van der Waals surface area contributed by atoms with E-state index in [1.165, 1.54) is 48.6 Å². The minimum atomic E-state index is -0.475. The molecule has 4 aromatic carbocycles. The van der Waals surface area contributed by atoms with Gasteiger partial charge in [0.1, 0.15) is 5.76 Å². The van der Waals surface area contributed by atoms with Crippen LogP contribution in [0.3, 0.4) is 0 Å². The Bertz CT molecular complexity index is 1510. The van der Waals surface area contributed by atoms with Crippen LogP contribution < -0.4 is 4.90 Å². The van der Waals surface area contributed by atoms with E-state index in [0.29, 0.717) is 16.7 Å². The lowest BCUT2D eigenvalue weighted by atomic mass is 9.86. The summed E-state index contributed by atoms with van der Waals surface area (Å²) in [7, 11) is 1.30. The van der Waals surface area contributed by atoms with E-state index >= 15 is 0 Å². The van der Waals surface area contributed by atoms with E-state index in [0.717, 1.165) is 17.1 Å². The van der Waals surface area contributed by atoms with Crippen LogP contribution in [0.2, 0.25) is 0 Å². The van der Waals surface area contributed by atoms with Crippen LogP contribution in [0.25, 0.3) is 5.76 Å². The first-order valence-electron chi connectivity index (χ1n) is 14.0. The number of anilines is 3. The number of nitrogens with zero attached hydrogens (tertiary/aromatic N) is 1. The molecule has 0 heterocycles. The highest BCUT2D eigenvalue weighted by Gasteiger charge is 2.19. The molecule has 42 heavy (non-hydrogen) atoms. The maximum Gasteiger partial charge on any atom is 0.337 e. The zero-order valence-electron chi connectivity index (χ0n) is 25.4. The van der Waals surface area contributed by atoms with Crippen molar-refractivity contribution < 1.29 is 19.4 Å². The molecule has 4 aromatic rings. The molecule has 5 nitrogen and oxygen atoms in total. The molecule has 0 spiro atoms. The minimum Gasteiger partial charge on any atom is -0.507 e. The molecular formula is C37H39NO4. The Balaban J connectivity index is 1.65. The van der Waals surface area contributed by atoms with Crippen molar-refractivity contribution >= 4 is 34.6 Å². The van der Waals surface area contributed by atoms with Crippen LogP contribution in [0.1, 0.15) is 78.9 Å². The average Bonchev–Trinajstić information content (AvgIpc) is 2.97. The van der Waals surface area contributed by atoms with Gasteiger partial charge in [-0.2, -0.15) is 0 Å². The topological polar surface area (TPSA) is 66.8 Å². The zero-order chi connectivity index (χ0) is 30.7. The third kappa shape index (κ3) is 6.98. The van der Waals surface area contributed by atoms with Crippen molar-refractivity contribution in [3.05, 3.63) is 131 Å². The number of allylic oxidation sites excluding steroid dienone is 1. The Labute approximate surface area is 249 Å². The maximum atomic E-state index is 12.8. The molecule has 4 rings (SSSR count). The highest BCUT2D eigenvalue weighted by atomic mass is 16.5. The number of aliphatic hydroxyl groups is 1. The molecule has 0 unspecified atom stereocenters.